The number of amides is 1. The quantitative estimate of drug-likeness (QED) is 0.751. The van der Waals surface area contributed by atoms with Gasteiger partial charge in [0.05, 0.1) is 19.1 Å². The van der Waals surface area contributed by atoms with E-state index in [4.69, 9.17) is 14.7 Å². The van der Waals surface area contributed by atoms with Crippen LogP contribution in [0.1, 0.15) is 30.5 Å². The van der Waals surface area contributed by atoms with Crippen LogP contribution in [0.2, 0.25) is 0 Å². The molecule has 3 aliphatic rings. The maximum absolute atomic E-state index is 12.9. The Morgan fingerprint density at radius 3 is 2.75 bits per heavy atom. The molecule has 1 aromatic carbocycles. The number of carbonyl (C=O) groups excluding carboxylic acids is 1. The lowest BCUT2D eigenvalue weighted by Crippen LogP contribution is -2.46. The number of morpholine rings is 1. The molecule has 0 saturated carbocycles. The zero-order valence-electron chi connectivity index (χ0n) is 18.8. The number of carbonyl (C=O) groups is 1. The van der Waals surface area contributed by atoms with Crippen molar-refractivity contribution in [2.45, 2.75) is 32.1 Å². The van der Waals surface area contributed by atoms with Gasteiger partial charge in [-0.25, -0.2) is 9.97 Å². The third kappa shape index (κ3) is 4.79. The molecule has 1 aromatic heterocycles. The average molecular weight is 436 g/mol. The number of nitrogens with one attached hydrogen (secondary N) is 1. The van der Waals surface area contributed by atoms with Crippen LogP contribution in [0, 0.1) is 5.92 Å². The van der Waals surface area contributed by atoms with Gasteiger partial charge in [0, 0.05) is 56.1 Å². The van der Waals surface area contributed by atoms with E-state index in [9.17, 15) is 4.79 Å². The zero-order valence-corrected chi connectivity index (χ0v) is 18.8. The molecular formula is C25H33N5O2. The second-order valence-electron chi connectivity index (χ2n) is 9.05. The van der Waals surface area contributed by atoms with Gasteiger partial charge in [0.15, 0.2) is 5.82 Å². The maximum Gasteiger partial charge on any atom is 0.224 e. The Bertz CT molecular complexity index is 929. The number of ether oxygens (including phenoxy) is 1. The van der Waals surface area contributed by atoms with Crippen molar-refractivity contribution in [2.75, 3.05) is 57.4 Å². The molecule has 2 aromatic rings. The predicted molar refractivity (Wildman–Crippen MR) is 125 cm³/mol. The second kappa shape index (κ2) is 9.96. The van der Waals surface area contributed by atoms with Gasteiger partial charge in [-0.2, -0.15) is 0 Å². The van der Waals surface area contributed by atoms with Crippen LogP contribution in [-0.4, -0.2) is 73.3 Å². The fourth-order valence-corrected chi connectivity index (χ4v) is 5.08. The van der Waals surface area contributed by atoms with E-state index >= 15 is 0 Å². The Morgan fingerprint density at radius 2 is 1.91 bits per heavy atom. The van der Waals surface area contributed by atoms with E-state index in [-0.39, 0.29) is 11.8 Å². The summed E-state index contributed by atoms with van der Waals surface area (Å²) in [6, 6.07) is 10.2. The van der Waals surface area contributed by atoms with Crippen LogP contribution in [0.3, 0.4) is 0 Å². The molecule has 2 fully saturated rings. The van der Waals surface area contributed by atoms with Crippen LogP contribution in [0.4, 0.5) is 5.82 Å². The van der Waals surface area contributed by atoms with Gasteiger partial charge in [0.1, 0.15) is 5.82 Å². The third-order valence-electron chi connectivity index (χ3n) is 6.87. The highest BCUT2D eigenvalue weighted by Crippen LogP contribution is 2.33. The summed E-state index contributed by atoms with van der Waals surface area (Å²) in [5.74, 6) is 2.05. The maximum atomic E-state index is 12.9. The van der Waals surface area contributed by atoms with E-state index in [1.54, 1.807) is 0 Å². The summed E-state index contributed by atoms with van der Waals surface area (Å²) >= 11 is 0. The molecule has 1 amide bonds. The lowest BCUT2D eigenvalue weighted by molar-refractivity contribution is -0.125. The molecule has 1 unspecified atom stereocenters. The fraction of sp³-hybridized carbons (Fsp3) is 0.560. The Balaban J connectivity index is 1.27. The number of benzene rings is 1. The van der Waals surface area contributed by atoms with Gasteiger partial charge in [0.2, 0.25) is 5.91 Å². The minimum atomic E-state index is 0.0145. The van der Waals surface area contributed by atoms with Gasteiger partial charge in [-0.05, 0) is 32.1 Å². The van der Waals surface area contributed by atoms with E-state index in [1.165, 1.54) is 11.3 Å². The van der Waals surface area contributed by atoms with Crippen molar-refractivity contribution in [3.05, 3.63) is 41.6 Å². The summed E-state index contributed by atoms with van der Waals surface area (Å²) in [6.07, 6.45) is 5.14. The number of aryl methyl sites for hydroxylation is 1. The Morgan fingerprint density at radius 1 is 1.06 bits per heavy atom. The van der Waals surface area contributed by atoms with E-state index in [0.717, 1.165) is 95.2 Å². The molecule has 5 rings (SSSR count). The van der Waals surface area contributed by atoms with Crippen LogP contribution < -0.4 is 10.2 Å². The molecule has 3 heterocycles. The predicted octanol–water partition coefficient (Wildman–Crippen LogP) is 2.30. The van der Waals surface area contributed by atoms with Gasteiger partial charge in [-0.15, -0.1) is 0 Å². The normalized spacial score (nSPS) is 21.4. The summed E-state index contributed by atoms with van der Waals surface area (Å²) in [6.45, 7) is 6.78. The zero-order chi connectivity index (χ0) is 21.8. The largest absolute Gasteiger partial charge is 0.379 e. The monoisotopic (exact) mass is 435 g/mol. The van der Waals surface area contributed by atoms with Crippen LogP contribution >= 0.6 is 0 Å². The number of rotatable bonds is 6. The van der Waals surface area contributed by atoms with Crippen molar-refractivity contribution < 1.29 is 9.53 Å². The molecule has 7 nitrogen and oxygen atoms in total. The van der Waals surface area contributed by atoms with Crippen molar-refractivity contribution in [1.29, 1.82) is 0 Å². The molecule has 2 aliphatic heterocycles. The molecule has 170 valence electrons. The molecule has 0 bridgehead atoms. The molecule has 1 N–H and O–H groups in total. The van der Waals surface area contributed by atoms with Crippen LogP contribution in [-0.2, 0) is 22.4 Å². The summed E-state index contributed by atoms with van der Waals surface area (Å²) in [4.78, 5) is 27.5. The Labute approximate surface area is 190 Å². The van der Waals surface area contributed by atoms with Crippen LogP contribution in [0.25, 0.3) is 11.4 Å². The number of nitrogens with zero attached hydrogens (tertiary/aromatic N) is 4. The number of aromatic nitrogens is 2. The first kappa shape index (κ1) is 21.3. The number of anilines is 1. The van der Waals surface area contributed by atoms with Gasteiger partial charge in [-0.3, -0.25) is 9.69 Å². The minimum Gasteiger partial charge on any atom is -0.379 e. The summed E-state index contributed by atoms with van der Waals surface area (Å²) in [5.41, 5.74) is 3.53. The van der Waals surface area contributed by atoms with Gasteiger partial charge in [0.25, 0.3) is 0 Å². The van der Waals surface area contributed by atoms with E-state index < -0.39 is 0 Å². The highest BCUT2D eigenvalue weighted by atomic mass is 16.5. The Kier molecular flexibility index (Phi) is 6.64. The fourth-order valence-electron chi connectivity index (χ4n) is 5.08. The third-order valence-corrected chi connectivity index (χ3v) is 6.87. The minimum absolute atomic E-state index is 0.0145. The lowest BCUT2D eigenvalue weighted by Gasteiger charge is -2.34. The standard InChI is InChI=1S/C25H33N5O2/c31-25(26-11-13-29-14-16-32-17-15-29)20-8-5-12-30(18-20)24-21-9-4-10-22(21)27-23(28-24)19-6-2-1-3-7-19/h1-3,6-7,20H,4-5,8-18H2,(H,26,31). The van der Waals surface area contributed by atoms with Crippen molar-refractivity contribution in [3.8, 4) is 11.4 Å². The van der Waals surface area contributed by atoms with Crippen LogP contribution in [0.5, 0.6) is 0 Å². The smallest absolute Gasteiger partial charge is 0.224 e. The summed E-state index contributed by atoms with van der Waals surface area (Å²) in [7, 11) is 0. The van der Waals surface area contributed by atoms with Gasteiger partial charge in [-0.1, -0.05) is 30.3 Å². The first-order valence-electron chi connectivity index (χ1n) is 12.1. The highest BCUT2D eigenvalue weighted by molar-refractivity contribution is 5.79. The lowest BCUT2D eigenvalue weighted by atomic mass is 9.96. The van der Waals surface area contributed by atoms with Crippen molar-refractivity contribution in [2.24, 2.45) is 5.92 Å². The van der Waals surface area contributed by atoms with Crippen molar-refractivity contribution >= 4 is 11.7 Å². The Hall–Kier alpha value is -2.51. The van der Waals surface area contributed by atoms with Gasteiger partial charge < -0.3 is 15.0 Å². The number of hydrogen-bond donors (Lipinski definition) is 1. The van der Waals surface area contributed by atoms with E-state index in [2.05, 4.69) is 27.2 Å². The molecule has 7 heteroatoms. The molecule has 1 atom stereocenters. The number of fused-ring (bicyclic) bond motifs is 1. The van der Waals surface area contributed by atoms with E-state index in [1.807, 2.05) is 18.2 Å². The number of piperidine rings is 1. The second-order valence-corrected chi connectivity index (χ2v) is 9.05. The van der Waals surface area contributed by atoms with Crippen LogP contribution in [0.15, 0.2) is 30.3 Å². The molecule has 2 saturated heterocycles. The first-order chi connectivity index (χ1) is 15.8. The first-order valence-corrected chi connectivity index (χ1v) is 12.1. The molecule has 0 spiro atoms. The SMILES string of the molecule is O=C(NCCN1CCOCC1)C1CCCN(c2nc(-c3ccccc3)nc3c2CCC3)C1. The topological polar surface area (TPSA) is 70.6 Å². The van der Waals surface area contributed by atoms with Crippen molar-refractivity contribution in [1.82, 2.24) is 20.2 Å². The molecule has 1 aliphatic carbocycles. The molecular weight excluding hydrogens is 402 g/mol. The van der Waals surface area contributed by atoms with E-state index in [0.29, 0.717) is 6.54 Å². The molecule has 32 heavy (non-hydrogen) atoms. The average Bonchev–Trinajstić information content (AvgIpc) is 3.33. The molecule has 0 radical (unpaired) electrons. The van der Waals surface area contributed by atoms with Crippen molar-refractivity contribution in [3.63, 3.8) is 0 Å². The van der Waals surface area contributed by atoms with Gasteiger partial charge >= 0.3 is 0 Å². The summed E-state index contributed by atoms with van der Waals surface area (Å²) < 4.78 is 5.40. The highest BCUT2D eigenvalue weighted by Gasteiger charge is 2.30. The number of hydrogen-bond acceptors (Lipinski definition) is 6. The summed E-state index contributed by atoms with van der Waals surface area (Å²) in [5, 5.41) is 3.18.